The fraction of sp³-hybridized carbons (Fsp3) is 0.500. The summed E-state index contributed by atoms with van der Waals surface area (Å²) in [6.07, 6.45) is 0. The highest BCUT2D eigenvalue weighted by atomic mass is 32.1. The number of thiocarbonyl (C=S) groups is 1. The summed E-state index contributed by atoms with van der Waals surface area (Å²) in [6, 6.07) is 8.16. The summed E-state index contributed by atoms with van der Waals surface area (Å²) in [7, 11) is 0. The standard InChI is InChI=1S/C14H22N2OS/c1-4-17-9-13(10(2)3)16-12-7-5-11(6-8-12)14(15)18/h5-8,10,13,16H,4,9H2,1-3H3,(H2,15,18). The van der Waals surface area contributed by atoms with Gasteiger partial charge >= 0.3 is 0 Å². The Labute approximate surface area is 115 Å². The molecule has 1 aromatic rings. The van der Waals surface area contributed by atoms with E-state index in [4.69, 9.17) is 22.7 Å². The molecular formula is C14H22N2OS. The first-order chi connectivity index (χ1) is 8.54. The maximum Gasteiger partial charge on any atom is 0.103 e. The summed E-state index contributed by atoms with van der Waals surface area (Å²) >= 11 is 4.93. The number of hydrogen-bond acceptors (Lipinski definition) is 3. The van der Waals surface area contributed by atoms with Gasteiger partial charge in [0.2, 0.25) is 0 Å². The van der Waals surface area contributed by atoms with Crippen LogP contribution >= 0.6 is 12.2 Å². The van der Waals surface area contributed by atoms with Crippen molar-refractivity contribution in [3.8, 4) is 0 Å². The van der Waals surface area contributed by atoms with Crippen LogP contribution in [0, 0.1) is 5.92 Å². The van der Waals surface area contributed by atoms with Gasteiger partial charge in [-0.1, -0.05) is 26.1 Å². The van der Waals surface area contributed by atoms with E-state index in [2.05, 4.69) is 19.2 Å². The van der Waals surface area contributed by atoms with Gasteiger partial charge in [-0.3, -0.25) is 0 Å². The van der Waals surface area contributed by atoms with Crippen molar-refractivity contribution in [1.82, 2.24) is 0 Å². The summed E-state index contributed by atoms with van der Waals surface area (Å²) in [6.45, 7) is 7.82. The highest BCUT2D eigenvalue weighted by molar-refractivity contribution is 7.80. The number of hydrogen-bond donors (Lipinski definition) is 2. The third-order valence-electron chi connectivity index (χ3n) is 2.83. The van der Waals surface area contributed by atoms with Crippen molar-refractivity contribution in [2.75, 3.05) is 18.5 Å². The molecule has 0 saturated carbocycles. The average Bonchev–Trinajstić information content (AvgIpc) is 2.34. The minimum atomic E-state index is 0.306. The van der Waals surface area contributed by atoms with Crippen LogP contribution in [-0.2, 0) is 4.74 Å². The molecule has 0 aromatic heterocycles. The molecular weight excluding hydrogens is 244 g/mol. The van der Waals surface area contributed by atoms with Gasteiger partial charge in [-0.2, -0.15) is 0 Å². The fourth-order valence-electron chi connectivity index (χ4n) is 1.59. The zero-order chi connectivity index (χ0) is 13.5. The van der Waals surface area contributed by atoms with Gasteiger partial charge in [0.15, 0.2) is 0 Å². The molecule has 1 atom stereocenters. The zero-order valence-corrected chi connectivity index (χ0v) is 12.1. The van der Waals surface area contributed by atoms with E-state index >= 15 is 0 Å². The lowest BCUT2D eigenvalue weighted by atomic mass is 10.0. The maximum absolute atomic E-state index is 5.57. The molecule has 0 fully saturated rings. The number of benzene rings is 1. The molecule has 0 aliphatic carbocycles. The first kappa shape index (κ1) is 14.9. The molecule has 0 aliphatic rings. The van der Waals surface area contributed by atoms with E-state index in [1.807, 2.05) is 31.2 Å². The second-order valence-corrected chi connectivity index (χ2v) is 5.04. The van der Waals surface area contributed by atoms with Gasteiger partial charge in [-0.25, -0.2) is 0 Å². The first-order valence-corrected chi connectivity index (χ1v) is 6.69. The zero-order valence-electron chi connectivity index (χ0n) is 11.3. The Bertz CT molecular complexity index is 376. The molecule has 0 aliphatic heterocycles. The highest BCUT2D eigenvalue weighted by Crippen LogP contribution is 2.14. The molecule has 0 bridgehead atoms. The molecule has 0 radical (unpaired) electrons. The molecule has 3 nitrogen and oxygen atoms in total. The lowest BCUT2D eigenvalue weighted by Crippen LogP contribution is -2.30. The maximum atomic E-state index is 5.57. The molecule has 1 aromatic carbocycles. The normalized spacial score (nSPS) is 12.4. The predicted octanol–water partition coefficient (Wildman–Crippen LogP) is 2.79. The summed E-state index contributed by atoms with van der Waals surface area (Å²) in [4.78, 5) is 0.427. The lowest BCUT2D eigenvalue weighted by Gasteiger charge is -2.23. The summed E-state index contributed by atoms with van der Waals surface area (Å²) in [5, 5.41) is 3.47. The minimum Gasteiger partial charge on any atom is -0.389 e. The van der Waals surface area contributed by atoms with E-state index < -0.39 is 0 Å². The first-order valence-electron chi connectivity index (χ1n) is 6.28. The smallest absolute Gasteiger partial charge is 0.103 e. The molecule has 18 heavy (non-hydrogen) atoms. The van der Waals surface area contributed by atoms with Crippen molar-refractivity contribution in [3.63, 3.8) is 0 Å². The number of ether oxygens (including phenoxy) is 1. The van der Waals surface area contributed by atoms with Gasteiger partial charge in [0.1, 0.15) is 4.99 Å². The molecule has 4 heteroatoms. The molecule has 0 amide bonds. The monoisotopic (exact) mass is 266 g/mol. The lowest BCUT2D eigenvalue weighted by molar-refractivity contribution is 0.127. The summed E-state index contributed by atoms with van der Waals surface area (Å²) in [5.41, 5.74) is 7.52. The quantitative estimate of drug-likeness (QED) is 0.745. The van der Waals surface area contributed by atoms with Gasteiger partial charge in [0.25, 0.3) is 0 Å². The topological polar surface area (TPSA) is 47.3 Å². The molecule has 1 unspecified atom stereocenters. The number of nitrogens with one attached hydrogen (secondary N) is 1. The highest BCUT2D eigenvalue weighted by Gasteiger charge is 2.13. The van der Waals surface area contributed by atoms with Gasteiger partial charge in [0.05, 0.1) is 12.6 Å². The predicted molar refractivity (Wildman–Crippen MR) is 81.1 cm³/mol. The van der Waals surface area contributed by atoms with Crippen LogP contribution in [0.15, 0.2) is 24.3 Å². The Morgan fingerprint density at radius 2 is 1.94 bits per heavy atom. The number of anilines is 1. The van der Waals surface area contributed by atoms with Crippen molar-refractivity contribution in [2.45, 2.75) is 26.8 Å². The van der Waals surface area contributed by atoms with E-state index in [-0.39, 0.29) is 0 Å². The second kappa shape index (κ2) is 7.34. The Kier molecular flexibility index (Phi) is 6.09. The Balaban J connectivity index is 2.65. The molecule has 0 heterocycles. The molecule has 3 N–H and O–H groups in total. The molecule has 0 saturated heterocycles. The largest absolute Gasteiger partial charge is 0.389 e. The van der Waals surface area contributed by atoms with Crippen molar-refractivity contribution in [2.24, 2.45) is 11.7 Å². The molecule has 100 valence electrons. The van der Waals surface area contributed by atoms with E-state index in [1.165, 1.54) is 0 Å². The van der Waals surface area contributed by atoms with Crippen molar-refractivity contribution >= 4 is 22.9 Å². The number of rotatable bonds is 7. The van der Waals surface area contributed by atoms with Crippen LogP contribution in [0.1, 0.15) is 26.3 Å². The van der Waals surface area contributed by atoms with Crippen molar-refractivity contribution in [1.29, 1.82) is 0 Å². The van der Waals surface area contributed by atoms with E-state index in [0.717, 1.165) is 17.9 Å². The second-order valence-electron chi connectivity index (χ2n) is 4.60. The Morgan fingerprint density at radius 1 is 1.33 bits per heavy atom. The van der Waals surface area contributed by atoms with E-state index in [0.29, 0.717) is 23.6 Å². The van der Waals surface area contributed by atoms with E-state index in [9.17, 15) is 0 Å². The average molecular weight is 266 g/mol. The van der Waals surface area contributed by atoms with Crippen LogP contribution < -0.4 is 11.1 Å². The van der Waals surface area contributed by atoms with Crippen LogP contribution in [-0.4, -0.2) is 24.2 Å². The molecule has 1 rings (SSSR count). The van der Waals surface area contributed by atoms with Crippen molar-refractivity contribution in [3.05, 3.63) is 29.8 Å². The summed E-state index contributed by atoms with van der Waals surface area (Å²) in [5.74, 6) is 0.506. The van der Waals surface area contributed by atoms with Gasteiger partial charge < -0.3 is 15.8 Å². The SMILES string of the molecule is CCOCC(Nc1ccc(C(N)=S)cc1)C(C)C. The van der Waals surface area contributed by atoms with Gasteiger partial charge in [0, 0.05) is 17.9 Å². The van der Waals surface area contributed by atoms with Crippen molar-refractivity contribution < 1.29 is 4.74 Å². The van der Waals surface area contributed by atoms with Crippen LogP contribution in [0.5, 0.6) is 0 Å². The van der Waals surface area contributed by atoms with Gasteiger partial charge in [-0.05, 0) is 37.1 Å². The fourth-order valence-corrected chi connectivity index (χ4v) is 1.73. The van der Waals surface area contributed by atoms with Crippen LogP contribution in [0.25, 0.3) is 0 Å². The summed E-state index contributed by atoms with van der Waals surface area (Å²) < 4.78 is 5.49. The Morgan fingerprint density at radius 3 is 2.39 bits per heavy atom. The van der Waals surface area contributed by atoms with E-state index in [1.54, 1.807) is 0 Å². The minimum absolute atomic E-state index is 0.306. The third-order valence-corrected chi connectivity index (χ3v) is 3.06. The van der Waals surface area contributed by atoms with Gasteiger partial charge in [-0.15, -0.1) is 0 Å². The number of nitrogens with two attached hydrogens (primary N) is 1. The van der Waals surface area contributed by atoms with Crippen LogP contribution in [0.4, 0.5) is 5.69 Å². The van der Waals surface area contributed by atoms with Crippen LogP contribution in [0.3, 0.4) is 0 Å². The molecule has 0 spiro atoms. The third kappa shape index (κ3) is 4.63. The Hall–Kier alpha value is -1.13. The van der Waals surface area contributed by atoms with Crippen LogP contribution in [0.2, 0.25) is 0 Å².